The topological polar surface area (TPSA) is 126 Å². The van der Waals surface area contributed by atoms with Gasteiger partial charge in [0.05, 0.1) is 0 Å². The summed E-state index contributed by atoms with van der Waals surface area (Å²) in [4.78, 5) is 23.1. The summed E-state index contributed by atoms with van der Waals surface area (Å²) in [6, 6.07) is 3.57. The van der Waals surface area contributed by atoms with Gasteiger partial charge in [-0.2, -0.15) is 0 Å². The van der Waals surface area contributed by atoms with Crippen molar-refractivity contribution in [1.82, 2.24) is 15.0 Å². The first kappa shape index (κ1) is 18.6. The van der Waals surface area contributed by atoms with Crippen LogP contribution in [0.25, 0.3) is 11.1 Å². The summed E-state index contributed by atoms with van der Waals surface area (Å²) >= 11 is 0. The fourth-order valence-corrected chi connectivity index (χ4v) is 2.51. The Kier molecular flexibility index (Phi) is 5.87. The molecule has 2 rings (SSSR count). The van der Waals surface area contributed by atoms with E-state index in [9.17, 15) is 4.79 Å². The Morgan fingerprint density at radius 3 is 2.52 bits per heavy atom. The number of carbonyl (C=O) groups excluding carboxylic acids is 1. The highest BCUT2D eigenvalue weighted by Gasteiger charge is 2.21. The minimum Gasteiger partial charge on any atom is -0.462 e. The highest BCUT2D eigenvalue weighted by molar-refractivity contribution is 5.69. The fourth-order valence-electron chi connectivity index (χ4n) is 2.51. The number of nitrogens with zero attached hydrogens (tertiary/aromatic N) is 3. The van der Waals surface area contributed by atoms with Crippen LogP contribution < -0.4 is 20.9 Å². The van der Waals surface area contributed by atoms with Gasteiger partial charge < -0.3 is 20.9 Å². The molecule has 0 aliphatic rings. The molecule has 2 aromatic rings. The third-order valence-electron chi connectivity index (χ3n) is 3.31. The Bertz CT molecular complexity index is 716. The number of aromatic nitrogens is 3. The van der Waals surface area contributed by atoms with Crippen molar-refractivity contribution in [3.8, 4) is 23.0 Å². The predicted octanol–water partition coefficient (Wildman–Crippen LogP) is 2.14. The Morgan fingerprint density at radius 1 is 1.24 bits per heavy atom. The molecule has 8 nitrogen and oxygen atoms in total. The van der Waals surface area contributed by atoms with E-state index in [-0.39, 0.29) is 11.9 Å². The first-order chi connectivity index (χ1) is 11.7. The third-order valence-corrected chi connectivity index (χ3v) is 3.31. The molecule has 0 aliphatic carbocycles. The Labute approximate surface area is 146 Å². The molecular formula is C17H23N5O3. The lowest BCUT2D eigenvalue weighted by Crippen LogP contribution is -2.43. The lowest BCUT2D eigenvalue weighted by atomic mass is 9.93. The van der Waals surface area contributed by atoms with Gasteiger partial charge in [-0.05, 0) is 30.9 Å². The molecule has 1 atom stereocenters. The molecule has 0 aliphatic heterocycles. The van der Waals surface area contributed by atoms with Crippen LogP contribution in [0.4, 0.5) is 4.79 Å². The molecule has 0 fully saturated rings. The zero-order valence-corrected chi connectivity index (χ0v) is 14.6. The van der Waals surface area contributed by atoms with Crippen LogP contribution in [-0.4, -0.2) is 33.2 Å². The van der Waals surface area contributed by atoms with Crippen molar-refractivity contribution < 1.29 is 14.3 Å². The van der Waals surface area contributed by atoms with Crippen molar-refractivity contribution in [3.05, 3.63) is 30.7 Å². The molecule has 0 aromatic carbocycles. The van der Waals surface area contributed by atoms with Crippen molar-refractivity contribution in [3.63, 3.8) is 0 Å². The standard InChI is InChI=1S/C17H23N5O3/c1-11(2)7-17(3,19)10-24-16-21-8-13(9-22-16)12-4-5-20-14(6-12)25-15(18)23/h4-6,8-9,11H,7,10,19H2,1-3H3,(H2,18,23). The summed E-state index contributed by atoms with van der Waals surface area (Å²) in [5.41, 5.74) is 12.2. The van der Waals surface area contributed by atoms with Gasteiger partial charge in [0.2, 0.25) is 5.88 Å². The second-order valence-electron chi connectivity index (χ2n) is 6.60. The summed E-state index contributed by atoms with van der Waals surface area (Å²) in [6.45, 7) is 6.50. The average molecular weight is 345 g/mol. The summed E-state index contributed by atoms with van der Waals surface area (Å²) in [5.74, 6) is 0.586. The number of pyridine rings is 1. The molecule has 2 heterocycles. The summed E-state index contributed by atoms with van der Waals surface area (Å²) < 4.78 is 10.3. The van der Waals surface area contributed by atoms with E-state index in [1.54, 1.807) is 24.5 Å². The van der Waals surface area contributed by atoms with Gasteiger partial charge in [-0.15, -0.1) is 0 Å². The lowest BCUT2D eigenvalue weighted by Gasteiger charge is -2.25. The fraction of sp³-hybridized carbons (Fsp3) is 0.412. The van der Waals surface area contributed by atoms with Crippen molar-refractivity contribution in [2.24, 2.45) is 17.4 Å². The maximum Gasteiger partial charge on any atom is 0.411 e. The normalized spacial score (nSPS) is 13.3. The number of hydrogen-bond donors (Lipinski definition) is 2. The number of primary amides is 1. The van der Waals surface area contributed by atoms with Crippen molar-refractivity contribution in [2.45, 2.75) is 32.7 Å². The van der Waals surface area contributed by atoms with Crippen LogP contribution in [0, 0.1) is 5.92 Å². The van der Waals surface area contributed by atoms with E-state index in [1.807, 2.05) is 6.92 Å². The Morgan fingerprint density at radius 2 is 1.92 bits per heavy atom. The van der Waals surface area contributed by atoms with E-state index < -0.39 is 11.6 Å². The van der Waals surface area contributed by atoms with E-state index in [4.69, 9.17) is 20.9 Å². The number of carbonyl (C=O) groups is 1. The average Bonchev–Trinajstić information content (AvgIpc) is 2.52. The zero-order valence-electron chi connectivity index (χ0n) is 14.6. The van der Waals surface area contributed by atoms with Gasteiger partial charge in [0.25, 0.3) is 0 Å². The van der Waals surface area contributed by atoms with E-state index in [0.29, 0.717) is 12.5 Å². The van der Waals surface area contributed by atoms with E-state index in [0.717, 1.165) is 17.5 Å². The lowest BCUT2D eigenvalue weighted by molar-refractivity contribution is 0.194. The zero-order chi connectivity index (χ0) is 18.4. The highest BCUT2D eigenvalue weighted by atomic mass is 16.6. The SMILES string of the molecule is CC(C)CC(C)(N)COc1ncc(-c2ccnc(OC(N)=O)c2)cn1. The molecule has 1 unspecified atom stereocenters. The molecule has 0 saturated heterocycles. The van der Waals surface area contributed by atoms with Crippen LogP contribution in [0.2, 0.25) is 0 Å². The number of nitrogens with two attached hydrogens (primary N) is 2. The van der Waals surface area contributed by atoms with Crippen LogP contribution in [0.5, 0.6) is 11.9 Å². The smallest absolute Gasteiger partial charge is 0.411 e. The molecule has 0 bridgehead atoms. The minimum atomic E-state index is -0.920. The first-order valence-corrected chi connectivity index (χ1v) is 7.92. The maximum absolute atomic E-state index is 10.8. The molecular weight excluding hydrogens is 322 g/mol. The molecule has 4 N–H and O–H groups in total. The Hall–Kier alpha value is -2.74. The molecule has 0 spiro atoms. The quantitative estimate of drug-likeness (QED) is 0.787. The van der Waals surface area contributed by atoms with Gasteiger partial charge in [0.1, 0.15) is 6.61 Å². The van der Waals surface area contributed by atoms with Gasteiger partial charge >= 0.3 is 12.1 Å². The van der Waals surface area contributed by atoms with Gasteiger partial charge in [-0.1, -0.05) is 13.8 Å². The molecule has 25 heavy (non-hydrogen) atoms. The van der Waals surface area contributed by atoms with E-state index >= 15 is 0 Å². The van der Waals surface area contributed by atoms with Crippen LogP contribution in [0.15, 0.2) is 30.7 Å². The largest absolute Gasteiger partial charge is 0.462 e. The molecule has 134 valence electrons. The molecule has 2 aromatic heterocycles. The first-order valence-electron chi connectivity index (χ1n) is 7.92. The highest BCUT2D eigenvalue weighted by Crippen LogP contribution is 2.22. The van der Waals surface area contributed by atoms with Gasteiger partial charge in [-0.3, -0.25) is 0 Å². The number of rotatable bonds is 7. The summed E-state index contributed by atoms with van der Waals surface area (Å²) in [6.07, 6.45) is 4.65. The van der Waals surface area contributed by atoms with Gasteiger partial charge in [0, 0.05) is 35.8 Å². The Balaban J connectivity index is 2.03. The summed E-state index contributed by atoms with van der Waals surface area (Å²) in [5, 5.41) is 0. The van der Waals surface area contributed by atoms with Gasteiger partial charge in [-0.25, -0.2) is 19.7 Å². The second-order valence-corrected chi connectivity index (χ2v) is 6.60. The molecule has 0 saturated carbocycles. The van der Waals surface area contributed by atoms with Crippen molar-refractivity contribution in [1.29, 1.82) is 0 Å². The maximum atomic E-state index is 10.8. The monoisotopic (exact) mass is 345 g/mol. The number of ether oxygens (including phenoxy) is 2. The van der Waals surface area contributed by atoms with Gasteiger partial charge in [0.15, 0.2) is 0 Å². The number of hydrogen-bond acceptors (Lipinski definition) is 7. The molecule has 1 amide bonds. The van der Waals surface area contributed by atoms with E-state index in [2.05, 4.69) is 28.8 Å². The van der Waals surface area contributed by atoms with Crippen molar-refractivity contribution >= 4 is 6.09 Å². The minimum absolute atomic E-state index is 0.109. The number of amides is 1. The molecule has 0 radical (unpaired) electrons. The second kappa shape index (κ2) is 7.89. The van der Waals surface area contributed by atoms with Crippen LogP contribution in [-0.2, 0) is 0 Å². The third kappa shape index (κ3) is 6.00. The van der Waals surface area contributed by atoms with E-state index in [1.165, 1.54) is 6.20 Å². The van der Waals surface area contributed by atoms with Crippen LogP contribution >= 0.6 is 0 Å². The van der Waals surface area contributed by atoms with Crippen LogP contribution in [0.3, 0.4) is 0 Å². The van der Waals surface area contributed by atoms with Crippen LogP contribution in [0.1, 0.15) is 27.2 Å². The summed E-state index contributed by atoms with van der Waals surface area (Å²) in [7, 11) is 0. The predicted molar refractivity (Wildman–Crippen MR) is 93.0 cm³/mol. The molecule has 8 heteroatoms. The van der Waals surface area contributed by atoms with Crippen molar-refractivity contribution in [2.75, 3.05) is 6.61 Å².